The van der Waals surface area contributed by atoms with E-state index in [2.05, 4.69) is 21.8 Å². The number of nitrogens with two attached hydrogens (primary N) is 2. The van der Waals surface area contributed by atoms with Gasteiger partial charge < -0.3 is 10.5 Å². The lowest BCUT2D eigenvalue weighted by molar-refractivity contribution is -0.0784. The van der Waals surface area contributed by atoms with E-state index in [-0.39, 0.29) is 6.33 Å². The van der Waals surface area contributed by atoms with Crippen molar-refractivity contribution in [2.75, 3.05) is 13.6 Å². The predicted octanol–water partition coefficient (Wildman–Crippen LogP) is 5.64. The Labute approximate surface area is 237 Å². The number of rotatable bonds is 10. The minimum Gasteiger partial charge on any atom is -0.487 e. The van der Waals surface area contributed by atoms with Gasteiger partial charge >= 0.3 is 5.92 Å². The molecule has 4 N–H and O–H groups in total. The molecule has 214 valence electrons. The molecular weight excluding hydrogens is 534 g/mol. The van der Waals surface area contributed by atoms with Crippen molar-refractivity contribution in [3.05, 3.63) is 125 Å². The number of ether oxygens (including phenoxy) is 1. The maximum absolute atomic E-state index is 15.7. The fourth-order valence-corrected chi connectivity index (χ4v) is 3.72. The average Bonchev–Trinajstić information content (AvgIpc) is 2.96. The molecule has 0 aliphatic carbocycles. The Balaban J connectivity index is 1.76. The molecule has 41 heavy (non-hydrogen) atoms. The van der Waals surface area contributed by atoms with Gasteiger partial charge in [0.1, 0.15) is 29.4 Å². The van der Waals surface area contributed by atoms with Crippen molar-refractivity contribution in [2.45, 2.75) is 31.9 Å². The number of alkyl halides is 2. The molecule has 2 aromatic heterocycles. The minimum atomic E-state index is -3.90. The van der Waals surface area contributed by atoms with Gasteiger partial charge in [-0.3, -0.25) is 15.8 Å². The topological polar surface area (TPSA) is 90.3 Å². The summed E-state index contributed by atoms with van der Waals surface area (Å²) in [6.45, 7) is 3.02. The third-order valence-corrected chi connectivity index (χ3v) is 6.04. The van der Waals surface area contributed by atoms with Crippen molar-refractivity contribution < 1.29 is 22.3 Å². The van der Waals surface area contributed by atoms with E-state index in [0.717, 1.165) is 40.6 Å². The van der Waals surface area contributed by atoms with Gasteiger partial charge in [-0.15, -0.1) is 0 Å². The average molecular weight is 566 g/mol. The second-order valence-corrected chi connectivity index (χ2v) is 9.35. The second-order valence-electron chi connectivity index (χ2n) is 9.35. The summed E-state index contributed by atoms with van der Waals surface area (Å²) in [5.41, 5.74) is 4.93. The predicted molar refractivity (Wildman–Crippen MR) is 151 cm³/mol. The summed E-state index contributed by atoms with van der Waals surface area (Å²) in [5, 5.41) is 0.896. The highest BCUT2D eigenvalue weighted by Gasteiger charge is 2.55. The van der Waals surface area contributed by atoms with Crippen molar-refractivity contribution in [2.24, 2.45) is 11.6 Å². The Morgan fingerprint density at radius 1 is 1.00 bits per heavy atom. The van der Waals surface area contributed by atoms with Gasteiger partial charge in [-0.25, -0.2) is 13.8 Å². The molecular formula is C31H31F4N5O. The molecule has 0 aliphatic heterocycles. The van der Waals surface area contributed by atoms with Gasteiger partial charge in [-0.1, -0.05) is 30.1 Å². The van der Waals surface area contributed by atoms with Crippen molar-refractivity contribution in [3.63, 3.8) is 0 Å². The molecule has 1 aromatic carbocycles. The van der Waals surface area contributed by atoms with Crippen LogP contribution >= 0.6 is 0 Å². The molecule has 3 rings (SSSR count). The number of halogens is 4. The highest BCUT2D eigenvalue weighted by atomic mass is 19.3. The molecule has 2 heterocycles. The third-order valence-electron chi connectivity index (χ3n) is 6.04. The molecule has 1 unspecified atom stereocenters. The lowest BCUT2D eigenvalue weighted by atomic mass is 9.82. The van der Waals surface area contributed by atoms with Gasteiger partial charge in [0.2, 0.25) is 0 Å². The van der Waals surface area contributed by atoms with Crippen molar-refractivity contribution >= 4 is 0 Å². The van der Waals surface area contributed by atoms with Gasteiger partial charge in [0.05, 0.1) is 12.0 Å². The van der Waals surface area contributed by atoms with Crippen molar-refractivity contribution in [1.29, 1.82) is 0 Å². The van der Waals surface area contributed by atoms with Crippen LogP contribution in [0.4, 0.5) is 17.6 Å². The first-order valence-corrected chi connectivity index (χ1v) is 12.5. The zero-order chi connectivity index (χ0) is 30.0. The molecule has 6 nitrogen and oxygen atoms in total. The Morgan fingerprint density at radius 2 is 1.68 bits per heavy atom. The molecule has 0 saturated carbocycles. The van der Waals surface area contributed by atoms with Crippen LogP contribution in [0.1, 0.15) is 35.0 Å². The molecule has 0 radical (unpaired) electrons. The molecule has 0 aliphatic rings. The van der Waals surface area contributed by atoms with E-state index in [1.807, 2.05) is 19.1 Å². The lowest BCUT2D eigenvalue weighted by Gasteiger charge is -2.39. The van der Waals surface area contributed by atoms with Gasteiger partial charge in [0.25, 0.3) is 0 Å². The van der Waals surface area contributed by atoms with Crippen LogP contribution in [0.5, 0.6) is 5.75 Å². The lowest BCUT2D eigenvalue weighted by Crippen LogP contribution is -2.62. The number of aromatic nitrogens is 2. The number of hydrogen-bond acceptors (Lipinski definition) is 6. The number of hydrogen-bond donors (Lipinski definition) is 2. The normalized spacial score (nSPS) is 14.1. The van der Waals surface area contributed by atoms with Crippen LogP contribution in [0.25, 0.3) is 0 Å². The van der Waals surface area contributed by atoms with Crippen LogP contribution in [0.2, 0.25) is 0 Å². The van der Waals surface area contributed by atoms with E-state index < -0.39 is 35.1 Å². The highest BCUT2D eigenvalue weighted by molar-refractivity contribution is 5.45. The number of allylic oxidation sites excluding steroid dienone is 3. The van der Waals surface area contributed by atoms with Gasteiger partial charge in [-0.2, -0.15) is 8.78 Å². The summed E-state index contributed by atoms with van der Waals surface area (Å²) in [4.78, 5) is 8.16. The van der Waals surface area contributed by atoms with Crippen LogP contribution in [0, 0.1) is 18.8 Å². The second kappa shape index (κ2) is 13.9. The monoisotopic (exact) mass is 565 g/mol. The maximum atomic E-state index is 15.7. The third kappa shape index (κ3) is 8.11. The fraction of sp³-hybridized carbons (Fsp3) is 0.226. The SMILES string of the molecule is C\C=C(F)/C=C\C(=C\F)C(N)(CN(C)N)C(F)(F)c1ccc(C#Cc2ccc(OCc3ccc(C)cn3)cc2)cn1. The van der Waals surface area contributed by atoms with E-state index in [1.165, 1.54) is 26.2 Å². The van der Waals surface area contributed by atoms with Crippen LogP contribution in [0.3, 0.4) is 0 Å². The summed E-state index contributed by atoms with van der Waals surface area (Å²) in [5.74, 6) is 7.42. The number of likely N-dealkylation sites (N-methyl/N-ethyl adjacent to an activating group) is 1. The summed E-state index contributed by atoms with van der Waals surface area (Å²) in [6, 6.07) is 13.3. The fourth-order valence-electron chi connectivity index (χ4n) is 3.72. The van der Waals surface area contributed by atoms with E-state index in [9.17, 15) is 8.78 Å². The zero-order valence-electron chi connectivity index (χ0n) is 22.9. The molecule has 0 saturated heterocycles. The van der Waals surface area contributed by atoms with Crippen LogP contribution in [-0.2, 0) is 12.5 Å². The van der Waals surface area contributed by atoms with Gasteiger partial charge in [-0.05, 0) is 68.0 Å². The van der Waals surface area contributed by atoms with Gasteiger partial charge in [0, 0.05) is 42.7 Å². The van der Waals surface area contributed by atoms with E-state index in [1.54, 1.807) is 30.5 Å². The van der Waals surface area contributed by atoms with E-state index in [4.69, 9.17) is 16.3 Å². The first-order chi connectivity index (χ1) is 19.5. The van der Waals surface area contributed by atoms with Gasteiger partial charge in [0.15, 0.2) is 0 Å². The highest BCUT2D eigenvalue weighted by Crippen LogP contribution is 2.41. The molecule has 1 atom stereocenters. The largest absolute Gasteiger partial charge is 0.487 e. The Morgan fingerprint density at radius 3 is 2.24 bits per heavy atom. The van der Waals surface area contributed by atoms with Crippen LogP contribution in [-0.4, -0.2) is 34.1 Å². The summed E-state index contributed by atoms with van der Waals surface area (Å²) < 4.78 is 64.6. The molecule has 0 amide bonds. The number of hydrazine groups is 1. The first-order valence-electron chi connectivity index (χ1n) is 12.5. The minimum absolute atomic E-state index is 0.0909. The number of nitrogens with zero attached hydrogens (tertiary/aromatic N) is 3. The van der Waals surface area contributed by atoms with Crippen molar-refractivity contribution in [3.8, 4) is 17.6 Å². The molecule has 3 aromatic rings. The molecule has 0 fully saturated rings. The van der Waals surface area contributed by atoms with Crippen molar-refractivity contribution in [1.82, 2.24) is 15.0 Å². The number of pyridine rings is 2. The smallest absolute Gasteiger partial charge is 0.312 e. The number of aryl methyl sites for hydroxylation is 1. The Kier molecular flexibility index (Phi) is 10.6. The molecule has 0 spiro atoms. The Hall–Kier alpha value is -4.30. The summed E-state index contributed by atoms with van der Waals surface area (Å²) >= 11 is 0. The van der Waals surface area contributed by atoms with Crippen LogP contribution in [0.15, 0.2) is 96.9 Å². The Bertz CT molecular complexity index is 1460. The maximum Gasteiger partial charge on any atom is 0.312 e. The number of benzene rings is 1. The first kappa shape index (κ1) is 31.2. The quantitative estimate of drug-likeness (QED) is 0.109. The zero-order valence-corrected chi connectivity index (χ0v) is 22.9. The summed E-state index contributed by atoms with van der Waals surface area (Å²) in [6.07, 6.45) is 5.63. The van der Waals surface area contributed by atoms with E-state index >= 15 is 8.78 Å². The van der Waals surface area contributed by atoms with E-state index in [0.29, 0.717) is 23.5 Å². The summed E-state index contributed by atoms with van der Waals surface area (Å²) in [7, 11) is 1.30. The standard InChI is InChI=1S/C31H31F4N5O/c1-4-26(33)12-11-25(17-32)30(36,21-40(3)37)31(34,35)29-16-10-24(19-39-29)7-6-23-8-14-28(15-9-23)41-20-27-13-5-22(2)18-38-27/h4-5,8-19H,20-21,36-37H2,1-3H3/b12-11-,25-17-,26-4+. The molecule has 0 bridgehead atoms. The van der Waals surface area contributed by atoms with Crippen LogP contribution < -0.4 is 16.3 Å². The molecule has 10 heteroatoms.